The van der Waals surface area contributed by atoms with Gasteiger partial charge in [-0.3, -0.25) is 0 Å². The van der Waals surface area contributed by atoms with Crippen LogP contribution >= 0.6 is 0 Å². The number of ether oxygens (including phenoxy) is 2. The average molecular weight is 256 g/mol. The summed E-state index contributed by atoms with van der Waals surface area (Å²) in [5.41, 5.74) is 3.86. The quantitative estimate of drug-likeness (QED) is 0.808. The lowest BCUT2D eigenvalue weighted by Crippen LogP contribution is -1.93. The SMILES string of the molecule is CCc1cc(Cc2ccc(OC)cc2)cc(OC)c1. The first-order chi connectivity index (χ1) is 9.25. The Morgan fingerprint density at radius 1 is 0.737 bits per heavy atom. The minimum Gasteiger partial charge on any atom is -0.497 e. The van der Waals surface area contributed by atoms with Gasteiger partial charge in [-0.25, -0.2) is 0 Å². The molecule has 2 nitrogen and oxygen atoms in total. The van der Waals surface area contributed by atoms with E-state index in [1.165, 1.54) is 16.7 Å². The Kier molecular flexibility index (Phi) is 4.45. The van der Waals surface area contributed by atoms with Crippen molar-refractivity contribution in [2.45, 2.75) is 19.8 Å². The van der Waals surface area contributed by atoms with E-state index in [0.29, 0.717) is 0 Å². The summed E-state index contributed by atoms with van der Waals surface area (Å²) < 4.78 is 10.5. The van der Waals surface area contributed by atoms with Crippen molar-refractivity contribution in [3.63, 3.8) is 0 Å². The molecule has 0 amide bonds. The maximum absolute atomic E-state index is 5.35. The predicted molar refractivity (Wildman–Crippen MR) is 78.2 cm³/mol. The lowest BCUT2D eigenvalue weighted by atomic mass is 10.0. The number of rotatable bonds is 5. The summed E-state index contributed by atoms with van der Waals surface area (Å²) in [4.78, 5) is 0. The van der Waals surface area contributed by atoms with Crippen LogP contribution in [0.2, 0.25) is 0 Å². The van der Waals surface area contributed by atoms with Crippen molar-refractivity contribution in [1.82, 2.24) is 0 Å². The highest BCUT2D eigenvalue weighted by atomic mass is 16.5. The van der Waals surface area contributed by atoms with Crippen LogP contribution in [0.4, 0.5) is 0 Å². The van der Waals surface area contributed by atoms with E-state index in [1.54, 1.807) is 14.2 Å². The van der Waals surface area contributed by atoms with Gasteiger partial charge in [0.25, 0.3) is 0 Å². The third-order valence-electron chi connectivity index (χ3n) is 3.24. The largest absolute Gasteiger partial charge is 0.497 e. The van der Waals surface area contributed by atoms with Gasteiger partial charge in [0, 0.05) is 0 Å². The van der Waals surface area contributed by atoms with Gasteiger partial charge in [-0.05, 0) is 53.8 Å². The zero-order valence-corrected chi connectivity index (χ0v) is 11.8. The fourth-order valence-corrected chi connectivity index (χ4v) is 2.13. The van der Waals surface area contributed by atoms with Crippen molar-refractivity contribution in [3.05, 3.63) is 59.2 Å². The molecule has 0 aliphatic carbocycles. The summed E-state index contributed by atoms with van der Waals surface area (Å²) in [7, 11) is 3.40. The van der Waals surface area contributed by atoms with E-state index in [1.807, 2.05) is 12.1 Å². The van der Waals surface area contributed by atoms with Crippen molar-refractivity contribution in [2.24, 2.45) is 0 Å². The van der Waals surface area contributed by atoms with Gasteiger partial charge < -0.3 is 9.47 Å². The molecular formula is C17H20O2. The first kappa shape index (κ1) is 13.5. The molecule has 0 heterocycles. The summed E-state index contributed by atoms with van der Waals surface area (Å²) in [6.45, 7) is 2.16. The highest BCUT2D eigenvalue weighted by Crippen LogP contribution is 2.21. The molecule has 0 saturated carbocycles. The Morgan fingerprint density at radius 2 is 1.37 bits per heavy atom. The molecular weight excluding hydrogens is 236 g/mol. The highest BCUT2D eigenvalue weighted by molar-refractivity contribution is 5.38. The molecule has 0 fully saturated rings. The van der Waals surface area contributed by atoms with Crippen LogP contribution in [-0.2, 0) is 12.8 Å². The topological polar surface area (TPSA) is 18.5 Å². The van der Waals surface area contributed by atoms with Crippen LogP contribution in [0.3, 0.4) is 0 Å². The summed E-state index contributed by atoms with van der Waals surface area (Å²) in [5.74, 6) is 1.83. The molecule has 0 saturated heterocycles. The number of benzene rings is 2. The number of methoxy groups -OCH3 is 2. The third kappa shape index (κ3) is 3.50. The van der Waals surface area contributed by atoms with Crippen LogP contribution in [0.5, 0.6) is 11.5 Å². The summed E-state index contributed by atoms with van der Waals surface area (Å²) in [5, 5.41) is 0. The fourth-order valence-electron chi connectivity index (χ4n) is 2.13. The maximum Gasteiger partial charge on any atom is 0.119 e. The zero-order valence-electron chi connectivity index (χ0n) is 11.8. The van der Waals surface area contributed by atoms with Gasteiger partial charge >= 0.3 is 0 Å². The molecule has 19 heavy (non-hydrogen) atoms. The van der Waals surface area contributed by atoms with E-state index in [9.17, 15) is 0 Å². The van der Waals surface area contributed by atoms with Crippen LogP contribution in [0, 0.1) is 0 Å². The molecule has 0 aromatic heterocycles. The van der Waals surface area contributed by atoms with Gasteiger partial charge in [0.2, 0.25) is 0 Å². The monoisotopic (exact) mass is 256 g/mol. The van der Waals surface area contributed by atoms with E-state index in [0.717, 1.165) is 24.3 Å². The Balaban J connectivity index is 2.21. The average Bonchev–Trinajstić information content (AvgIpc) is 2.47. The molecule has 0 radical (unpaired) electrons. The van der Waals surface area contributed by atoms with Gasteiger partial charge in [0.15, 0.2) is 0 Å². The van der Waals surface area contributed by atoms with Gasteiger partial charge in [0.1, 0.15) is 11.5 Å². The molecule has 0 unspecified atom stereocenters. The molecule has 0 bridgehead atoms. The van der Waals surface area contributed by atoms with Crippen molar-refractivity contribution in [2.75, 3.05) is 14.2 Å². The van der Waals surface area contributed by atoms with Crippen molar-refractivity contribution in [1.29, 1.82) is 0 Å². The molecule has 0 aliphatic rings. The minimum atomic E-state index is 0.892. The van der Waals surface area contributed by atoms with Gasteiger partial charge in [-0.2, -0.15) is 0 Å². The van der Waals surface area contributed by atoms with E-state index >= 15 is 0 Å². The standard InChI is InChI=1S/C17H20O2/c1-4-13-9-15(12-17(11-13)19-3)10-14-5-7-16(18-2)8-6-14/h5-9,11-12H,4,10H2,1-3H3. The molecule has 2 aromatic carbocycles. The number of aryl methyl sites for hydroxylation is 1. The summed E-state index contributed by atoms with van der Waals surface area (Å²) >= 11 is 0. The lowest BCUT2D eigenvalue weighted by Gasteiger charge is -2.09. The Hall–Kier alpha value is -1.96. The maximum atomic E-state index is 5.35. The smallest absolute Gasteiger partial charge is 0.119 e. The Bertz CT molecular complexity index is 507. The van der Waals surface area contributed by atoms with Gasteiger partial charge in [-0.1, -0.05) is 25.1 Å². The molecule has 0 aliphatic heterocycles. The fraction of sp³-hybridized carbons (Fsp3) is 0.294. The molecule has 0 spiro atoms. The summed E-state index contributed by atoms with van der Waals surface area (Å²) in [6.07, 6.45) is 1.93. The Labute approximate surface area is 115 Å². The van der Waals surface area contributed by atoms with Crippen LogP contribution in [-0.4, -0.2) is 14.2 Å². The third-order valence-corrected chi connectivity index (χ3v) is 3.24. The van der Waals surface area contributed by atoms with Crippen LogP contribution in [0.15, 0.2) is 42.5 Å². The number of hydrogen-bond acceptors (Lipinski definition) is 2. The van der Waals surface area contributed by atoms with Gasteiger partial charge in [-0.15, -0.1) is 0 Å². The van der Waals surface area contributed by atoms with Crippen molar-refractivity contribution < 1.29 is 9.47 Å². The van der Waals surface area contributed by atoms with Crippen LogP contribution in [0.25, 0.3) is 0 Å². The van der Waals surface area contributed by atoms with E-state index in [4.69, 9.17) is 9.47 Å². The zero-order chi connectivity index (χ0) is 13.7. The van der Waals surface area contributed by atoms with E-state index in [-0.39, 0.29) is 0 Å². The first-order valence-electron chi connectivity index (χ1n) is 6.55. The predicted octanol–water partition coefficient (Wildman–Crippen LogP) is 3.86. The molecule has 2 rings (SSSR count). The Morgan fingerprint density at radius 3 is 1.95 bits per heavy atom. The molecule has 0 N–H and O–H groups in total. The number of hydrogen-bond donors (Lipinski definition) is 0. The summed E-state index contributed by atoms with van der Waals surface area (Å²) in [6, 6.07) is 14.6. The van der Waals surface area contributed by atoms with Crippen molar-refractivity contribution >= 4 is 0 Å². The van der Waals surface area contributed by atoms with E-state index < -0.39 is 0 Å². The van der Waals surface area contributed by atoms with Gasteiger partial charge in [0.05, 0.1) is 14.2 Å². The first-order valence-corrected chi connectivity index (χ1v) is 6.55. The minimum absolute atomic E-state index is 0.892. The van der Waals surface area contributed by atoms with Crippen LogP contribution < -0.4 is 9.47 Å². The highest BCUT2D eigenvalue weighted by Gasteiger charge is 2.02. The second-order valence-corrected chi connectivity index (χ2v) is 4.57. The normalized spacial score (nSPS) is 10.3. The molecule has 2 heteroatoms. The molecule has 100 valence electrons. The van der Waals surface area contributed by atoms with Crippen molar-refractivity contribution in [3.8, 4) is 11.5 Å². The molecule has 0 atom stereocenters. The molecule has 2 aromatic rings. The lowest BCUT2D eigenvalue weighted by molar-refractivity contribution is 0.413. The van der Waals surface area contributed by atoms with Crippen LogP contribution in [0.1, 0.15) is 23.6 Å². The van der Waals surface area contributed by atoms with E-state index in [2.05, 4.69) is 37.3 Å². The second-order valence-electron chi connectivity index (χ2n) is 4.57. The second kappa shape index (κ2) is 6.28.